The second-order valence-corrected chi connectivity index (χ2v) is 6.69. The summed E-state index contributed by atoms with van der Waals surface area (Å²) in [6.45, 7) is 3.38. The van der Waals surface area contributed by atoms with Crippen LogP contribution in [0.25, 0.3) is 0 Å². The number of amides is 2. The largest absolute Gasteiger partial charge is 0.326 e. The number of anilines is 2. The predicted molar refractivity (Wildman–Crippen MR) is 96.5 cm³/mol. The molecule has 24 heavy (non-hydrogen) atoms. The molecule has 1 fully saturated rings. The molecule has 0 saturated heterocycles. The number of hydrogen-bond acceptors (Lipinski definition) is 2. The molecule has 2 aromatic rings. The van der Waals surface area contributed by atoms with Crippen LogP contribution in [0, 0.1) is 6.92 Å². The zero-order chi connectivity index (χ0) is 17.3. The lowest BCUT2D eigenvalue weighted by Gasteiger charge is -2.18. The Hall–Kier alpha value is -2.33. The van der Waals surface area contributed by atoms with Crippen LogP contribution in [0.5, 0.6) is 0 Å². The molecule has 0 aromatic heterocycles. The first-order valence-electron chi connectivity index (χ1n) is 7.86. The van der Waals surface area contributed by atoms with E-state index < -0.39 is 5.41 Å². The van der Waals surface area contributed by atoms with Crippen molar-refractivity contribution in [3.8, 4) is 0 Å². The second-order valence-electron chi connectivity index (χ2n) is 6.26. The molecule has 0 bridgehead atoms. The van der Waals surface area contributed by atoms with E-state index in [-0.39, 0.29) is 11.8 Å². The van der Waals surface area contributed by atoms with Crippen molar-refractivity contribution in [2.45, 2.75) is 32.1 Å². The summed E-state index contributed by atoms with van der Waals surface area (Å²) in [6.07, 6.45) is 1.62. The van der Waals surface area contributed by atoms with Crippen molar-refractivity contribution in [1.29, 1.82) is 0 Å². The Kier molecular flexibility index (Phi) is 4.33. The van der Waals surface area contributed by atoms with Crippen LogP contribution in [0.3, 0.4) is 0 Å². The summed E-state index contributed by atoms with van der Waals surface area (Å²) in [7, 11) is 0. The van der Waals surface area contributed by atoms with E-state index >= 15 is 0 Å². The molecule has 0 heterocycles. The molecule has 1 saturated carbocycles. The average Bonchev–Trinajstić information content (AvgIpc) is 3.32. The molecule has 2 aromatic carbocycles. The highest BCUT2D eigenvalue weighted by molar-refractivity contribution is 6.30. The minimum absolute atomic E-state index is 0.0344. The maximum absolute atomic E-state index is 12.9. The summed E-state index contributed by atoms with van der Waals surface area (Å²) in [5, 5.41) is 6.38. The summed E-state index contributed by atoms with van der Waals surface area (Å²) in [6, 6.07) is 12.9. The van der Waals surface area contributed by atoms with Gasteiger partial charge in [-0.3, -0.25) is 9.59 Å². The molecule has 0 unspecified atom stereocenters. The van der Waals surface area contributed by atoms with E-state index in [1.807, 2.05) is 37.3 Å². The molecule has 0 spiro atoms. The lowest BCUT2D eigenvalue weighted by atomic mass is 9.94. The van der Waals surface area contributed by atoms with Crippen molar-refractivity contribution in [1.82, 2.24) is 0 Å². The van der Waals surface area contributed by atoms with Gasteiger partial charge in [0, 0.05) is 23.3 Å². The molecular weight excluding hydrogens is 324 g/mol. The highest BCUT2D eigenvalue weighted by atomic mass is 35.5. The van der Waals surface area contributed by atoms with Gasteiger partial charge in [-0.25, -0.2) is 0 Å². The van der Waals surface area contributed by atoms with E-state index in [4.69, 9.17) is 11.6 Å². The Morgan fingerprint density at radius 1 is 1.08 bits per heavy atom. The van der Waals surface area contributed by atoms with Gasteiger partial charge in [0.2, 0.25) is 11.8 Å². The molecule has 5 heteroatoms. The monoisotopic (exact) mass is 342 g/mol. The molecule has 3 rings (SSSR count). The minimum Gasteiger partial charge on any atom is -0.326 e. The quantitative estimate of drug-likeness (QED) is 0.871. The van der Waals surface area contributed by atoms with E-state index in [1.54, 1.807) is 12.1 Å². The maximum Gasteiger partial charge on any atom is 0.235 e. The van der Waals surface area contributed by atoms with Gasteiger partial charge in [-0.05, 0) is 55.2 Å². The summed E-state index contributed by atoms with van der Waals surface area (Å²) in [5.41, 5.74) is 2.76. The SMILES string of the molecule is CC(=O)Nc1ccc(C)c(NC(=O)C2(c3cccc(Cl)c3)CC2)c1. The van der Waals surface area contributed by atoms with Gasteiger partial charge in [0.05, 0.1) is 5.41 Å². The molecule has 0 aliphatic heterocycles. The fourth-order valence-corrected chi connectivity index (χ4v) is 3.03. The molecule has 4 nitrogen and oxygen atoms in total. The molecular formula is C19H19ClN2O2. The minimum atomic E-state index is -0.499. The Balaban J connectivity index is 1.83. The number of aryl methyl sites for hydroxylation is 1. The normalized spacial score (nSPS) is 14.8. The van der Waals surface area contributed by atoms with Crippen molar-refractivity contribution < 1.29 is 9.59 Å². The van der Waals surface area contributed by atoms with Gasteiger partial charge < -0.3 is 10.6 Å². The Bertz CT molecular complexity index is 813. The third kappa shape index (κ3) is 3.29. The molecule has 0 radical (unpaired) electrons. The first kappa shape index (κ1) is 16.5. The summed E-state index contributed by atoms with van der Waals surface area (Å²) < 4.78 is 0. The van der Waals surface area contributed by atoms with Crippen LogP contribution in [0.2, 0.25) is 5.02 Å². The molecule has 2 amide bonds. The maximum atomic E-state index is 12.9. The fraction of sp³-hybridized carbons (Fsp3) is 0.263. The van der Waals surface area contributed by atoms with Crippen LogP contribution in [-0.2, 0) is 15.0 Å². The Morgan fingerprint density at radius 3 is 2.46 bits per heavy atom. The number of carbonyl (C=O) groups is 2. The predicted octanol–water partition coefficient (Wildman–Crippen LogP) is 4.28. The lowest BCUT2D eigenvalue weighted by molar-refractivity contribution is -0.118. The zero-order valence-corrected chi connectivity index (χ0v) is 14.4. The number of hydrogen-bond donors (Lipinski definition) is 2. The first-order chi connectivity index (χ1) is 11.4. The lowest BCUT2D eigenvalue weighted by Crippen LogP contribution is -2.28. The Labute approximate surface area is 146 Å². The average molecular weight is 343 g/mol. The number of carbonyl (C=O) groups excluding carboxylic acids is 2. The number of halogens is 1. The molecule has 124 valence electrons. The van der Waals surface area contributed by atoms with Crippen molar-refractivity contribution >= 4 is 34.8 Å². The molecule has 2 N–H and O–H groups in total. The van der Waals surface area contributed by atoms with Gasteiger partial charge in [-0.15, -0.1) is 0 Å². The number of rotatable bonds is 4. The van der Waals surface area contributed by atoms with Gasteiger partial charge in [0.1, 0.15) is 0 Å². The van der Waals surface area contributed by atoms with Crippen LogP contribution in [0.1, 0.15) is 30.9 Å². The summed E-state index contributed by atoms with van der Waals surface area (Å²) in [5.74, 6) is -0.179. The van der Waals surface area contributed by atoms with E-state index in [0.29, 0.717) is 16.4 Å². The van der Waals surface area contributed by atoms with Crippen LogP contribution < -0.4 is 10.6 Å². The van der Waals surface area contributed by atoms with Crippen LogP contribution in [-0.4, -0.2) is 11.8 Å². The number of benzene rings is 2. The van der Waals surface area contributed by atoms with E-state index in [2.05, 4.69) is 10.6 Å². The third-order valence-corrected chi connectivity index (χ3v) is 4.60. The van der Waals surface area contributed by atoms with Gasteiger partial charge in [0.15, 0.2) is 0 Å². The first-order valence-corrected chi connectivity index (χ1v) is 8.24. The standard InChI is InChI=1S/C19H19ClN2O2/c1-12-6-7-16(21-13(2)23)11-17(12)22-18(24)19(8-9-19)14-4-3-5-15(20)10-14/h3-7,10-11H,8-9H2,1-2H3,(H,21,23)(H,22,24). The van der Waals surface area contributed by atoms with Crippen LogP contribution >= 0.6 is 11.6 Å². The smallest absolute Gasteiger partial charge is 0.235 e. The summed E-state index contributed by atoms with van der Waals surface area (Å²) >= 11 is 6.07. The Morgan fingerprint density at radius 2 is 1.83 bits per heavy atom. The number of nitrogens with one attached hydrogen (secondary N) is 2. The van der Waals surface area contributed by atoms with E-state index in [9.17, 15) is 9.59 Å². The third-order valence-electron chi connectivity index (χ3n) is 4.37. The molecule has 0 atom stereocenters. The van der Waals surface area contributed by atoms with Crippen LogP contribution in [0.15, 0.2) is 42.5 Å². The van der Waals surface area contributed by atoms with Crippen molar-refractivity contribution in [3.63, 3.8) is 0 Å². The van der Waals surface area contributed by atoms with Gasteiger partial charge in [-0.2, -0.15) is 0 Å². The summed E-state index contributed by atoms with van der Waals surface area (Å²) in [4.78, 5) is 24.1. The van der Waals surface area contributed by atoms with Crippen molar-refractivity contribution in [2.75, 3.05) is 10.6 Å². The van der Waals surface area contributed by atoms with E-state index in [0.717, 1.165) is 24.0 Å². The van der Waals surface area contributed by atoms with Crippen LogP contribution in [0.4, 0.5) is 11.4 Å². The van der Waals surface area contributed by atoms with E-state index in [1.165, 1.54) is 6.92 Å². The zero-order valence-electron chi connectivity index (χ0n) is 13.7. The van der Waals surface area contributed by atoms with Gasteiger partial charge in [0.25, 0.3) is 0 Å². The van der Waals surface area contributed by atoms with Gasteiger partial charge >= 0.3 is 0 Å². The highest BCUT2D eigenvalue weighted by Gasteiger charge is 2.51. The van der Waals surface area contributed by atoms with Crippen molar-refractivity contribution in [2.24, 2.45) is 0 Å². The molecule has 1 aliphatic carbocycles. The van der Waals surface area contributed by atoms with Crippen molar-refractivity contribution in [3.05, 3.63) is 58.6 Å². The fourth-order valence-electron chi connectivity index (χ4n) is 2.84. The highest BCUT2D eigenvalue weighted by Crippen LogP contribution is 2.49. The molecule has 1 aliphatic rings. The van der Waals surface area contributed by atoms with Gasteiger partial charge in [-0.1, -0.05) is 29.8 Å². The second kappa shape index (κ2) is 6.29. The topological polar surface area (TPSA) is 58.2 Å².